The van der Waals surface area contributed by atoms with E-state index in [2.05, 4.69) is 0 Å². The third kappa shape index (κ3) is 17.5. The standard InChI is InChI=1S/C36H66O19.C2H6/c1-7-17(3)24(52-30(44)12-22(41)10-25(18(4)8-2)53-36-34(48)31(45)27(14-38)55-36)9-21(40)11-29(43)49-15-23(42)26(13-37)54-35-33(47)32(46)28(16-50-35)51-20(6)19(5)39;1-2/h17-28,31-42,45-48H,7-16H2,1-6H3;1-2H3/t17-,18-,19+,20+,21-,22-,23-,24-,25-,26-,27-,28-,31-,32+,33+,34+,35-,36+;/m0./s1. The minimum Gasteiger partial charge on any atom is -0.463 e. The highest BCUT2D eigenvalue weighted by atomic mass is 16.7. The summed E-state index contributed by atoms with van der Waals surface area (Å²) in [5.74, 6) is -2.09. The van der Waals surface area contributed by atoms with Gasteiger partial charge in [0.15, 0.2) is 12.6 Å². The average molecular weight is 833 g/mol. The number of rotatable bonds is 25. The first kappa shape index (κ1) is 53.4. The molecule has 0 saturated carbocycles. The predicted octanol–water partition coefficient (Wildman–Crippen LogP) is -1.36. The van der Waals surface area contributed by atoms with Gasteiger partial charge >= 0.3 is 11.9 Å². The summed E-state index contributed by atoms with van der Waals surface area (Å²) in [4.78, 5) is 25.5. The van der Waals surface area contributed by atoms with Gasteiger partial charge in [0, 0.05) is 12.8 Å². The second-order valence-electron chi connectivity index (χ2n) is 14.8. The van der Waals surface area contributed by atoms with E-state index in [0.717, 1.165) is 0 Å². The van der Waals surface area contributed by atoms with Gasteiger partial charge in [-0.1, -0.05) is 54.4 Å². The highest BCUT2D eigenvalue weighted by molar-refractivity contribution is 5.70. The minimum absolute atomic E-state index is 0.0388. The minimum atomic E-state index is -1.64. The lowest BCUT2D eigenvalue weighted by molar-refractivity contribution is -0.303. The Bertz CT molecular complexity index is 1100. The third-order valence-corrected chi connectivity index (χ3v) is 10.3. The molecule has 0 bridgehead atoms. The summed E-state index contributed by atoms with van der Waals surface area (Å²) in [5, 5.41) is 102. The molecule has 0 spiro atoms. The van der Waals surface area contributed by atoms with Crippen LogP contribution in [0.3, 0.4) is 0 Å². The van der Waals surface area contributed by atoms with Crippen LogP contribution in [-0.4, -0.2) is 187 Å². The Hall–Kier alpha value is -1.66. The van der Waals surface area contributed by atoms with Crippen LogP contribution in [-0.2, 0) is 42.7 Å². The second kappa shape index (κ2) is 27.2. The lowest BCUT2D eigenvalue weighted by Crippen LogP contribution is -2.57. The highest BCUT2D eigenvalue weighted by Crippen LogP contribution is 2.28. The zero-order chi connectivity index (χ0) is 43.6. The Morgan fingerprint density at radius 1 is 0.702 bits per heavy atom. The number of hydrogen-bond acceptors (Lipinski definition) is 19. The lowest BCUT2D eigenvalue weighted by Gasteiger charge is -2.40. The third-order valence-electron chi connectivity index (χ3n) is 10.3. The fraction of sp³-hybridized carbons (Fsp3) is 0.947. The van der Waals surface area contributed by atoms with Crippen LogP contribution in [0.1, 0.15) is 93.9 Å². The Morgan fingerprint density at radius 2 is 1.23 bits per heavy atom. The molecule has 0 aliphatic carbocycles. The molecule has 2 saturated heterocycles. The Balaban J connectivity index is 0.00000799. The summed E-state index contributed by atoms with van der Waals surface area (Å²) in [6.07, 6.45) is -19.3. The van der Waals surface area contributed by atoms with Crippen LogP contribution >= 0.6 is 0 Å². The van der Waals surface area contributed by atoms with Crippen molar-refractivity contribution in [3.05, 3.63) is 0 Å². The largest absolute Gasteiger partial charge is 0.463 e. The van der Waals surface area contributed by atoms with E-state index >= 15 is 0 Å². The molecule has 2 rings (SSSR count). The molecule has 2 aliphatic rings. The predicted molar refractivity (Wildman–Crippen MR) is 200 cm³/mol. The summed E-state index contributed by atoms with van der Waals surface area (Å²) in [6.45, 7) is 12.2. The van der Waals surface area contributed by atoms with Crippen LogP contribution in [0.15, 0.2) is 0 Å². The van der Waals surface area contributed by atoms with E-state index in [1.807, 2.05) is 34.6 Å². The fourth-order valence-electron chi connectivity index (χ4n) is 5.97. The number of esters is 2. The average Bonchev–Trinajstić information content (AvgIpc) is 3.45. The summed E-state index contributed by atoms with van der Waals surface area (Å²) < 4.78 is 38.4. The van der Waals surface area contributed by atoms with Gasteiger partial charge in [0.25, 0.3) is 0 Å². The summed E-state index contributed by atoms with van der Waals surface area (Å²) in [6, 6.07) is 0. The number of aliphatic hydroxyl groups is 10. The van der Waals surface area contributed by atoms with Crippen molar-refractivity contribution in [2.75, 3.05) is 26.4 Å². The van der Waals surface area contributed by atoms with Gasteiger partial charge in [-0.3, -0.25) is 9.59 Å². The maximum atomic E-state index is 12.9. The van der Waals surface area contributed by atoms with Crippen molar-refractivity contribution in [2.24, 2.45) is 11.8 Å². The molecule has 0 radical (unpaired) electrons. The van der Waals surface area contributed by atoms with E-state index in [9.17, 15) is 60.7 Å². The topological polar surface area (TPSA) is 301 Å². The molecule has 57 heavy (non-hydrogen) atoms. The molecule has 2 aliphatic heterocycles. The number of hydrogen-bond donors (Lipinski definition) is 10. The smallest absolute Gasteiger partial charge is 0.308 e. The molecular weight excluding hydrogens is 760 g/mol. The van der Waals surface area contributed by atoms with Crippen LogP contribution in [0.25, 0.3) is 0 Å². The van der Waals surface area contributed by atoms with E-state index in [-0.39, 0.29) is 31.3 Å². The maximum Gasteiger partial charge on any atom is 0.308 e. The second-order valence-corrected chi connectivity index (χ2v) is 14.8. The molecule has 0 aromatic carbocycles. The zero-order valence-corrected chi connectivity index (χ0v) is 34.6. The number of ether oxygens (including phenoxy) is 7. The number of carbonyl (C=O) groups is 2. The molecular formula is C38H72O19. The lowest BCUT2D eigenvalue weighted by atomic mass is 9.94. The van der Waals surface area contributed by atoms with E-state index < -0.39 is 143 Å². The molecule has 2 heterocycles. The SMILES string of the molecule is CC.CC[C@H](C)[C@H](C[C@H](O)CC(=O)OC[C@H](O)[C@H](CO)O[C@@H]1OC[C@H](O[C@H](C)[C@@H](C)O)[C@@H](O)[C@H]1O)OC(=O)C[C@@H](O)C[C@H](O[C@@H]1O[C@@H](CO)[C@H](O)[C@H]1O)[C@@H](C)CC. The summed E-state index contributed by atoms with van der Waals surface area (Å²) in [5.41, 5.74) is 0. The normalized spacial score (nSPS) is 30.4. The van der Waals surface area contributed by atoms with Gasteiger partial charge < -0.3 is 84.2 Å². The van der Waals surface area contributed by atoms with Gasteiger partial charge in [-0.15, -0.1) is 0 Å². The molecule has 18 atom stereocenters. The van der Waals surface area contributed by atoms with Crippen LogP contribution in [0.2, 0.25) is 0 Å². The molecule has 19 nitrogen and oxygen atoms in total. The molecule has 338 valence electrons. The van der Waals surface area contributed by atoms with E-state index in [1.165, 1.54) is 6.92 Å². The van der Waals surface area contributed by atoms with Crippen LogP contribution < -0.4 is 0 Å². The van der Waals surface area contributed by atoms with Gasteiger partial charge in [0.1, 0.15) is 61.5 Å². The molecule has 2 fully saturated rings. The Kier molecular flexibility index (Phi) is 25.5. The van der Waals surface area contributed by atoms with Crippen LogP contribution in [0, 0.1) is 11.8 Å². The Labute approximate surface area is 335 Å². The molecule has 19 heteroatoms. The van der Waals surface area contributed by atoms with Crippen molar-refractivity contribution >= 4 is 11.9 Å². The fourth-order valence-corrected chi connectivity index (χ4v) is 5.97. The van der Waals surface area contributed by atoms with E-state index in [4.69, 9.17) is 33.2 Å². The zero-order valence-electron chi connectivity index (χ0n) is 34.6. The van der Waals surface area contributed by atoms with Gasteiger partial charge in [-0.2, -0.15) is 0 Å². The van der Waals surface area contributed by atoms with Gasteiger partial charge in [0.2, 0.25) is 0 Å². The Morgan fingerprint density at radius 3 is 1.75 bits per heavy atom. The quantitative estimate of drug-likeness (QED) is 0.0475. The molecule has 0 amide bonds. The van der Waals surface area contributed by atoms with Gasteiger partial charge in [0.05, 0.1) is 63.2 Å². The van der Waals surface area contributed by atoms with E-state index in [1.54, 1.807) is 13.8 Å². The van der Waals surface area contributed by atoms with Crippen molar-refractivity contribution < 1.29 is 93.8 Å². The number of carbonyl (C=O) groups excluding carboxylic acids is 2. The van der Waals surface area contributed by atoms with Gasteiger partial charge in [-0.25, -0.2) is 0 Å². The number of aliphatic hydroxyl groups excluding tert-OH is 10. The summed E-state index contributed by atoms with van der Waals surface area (Å²) >= 11 is 0. The molecule has 0 unspecified atom stereocenters. The first-order valence-corrected chi connectivity index (χ1v) is 20.1. The van der Waals surface area contributed by atoms with Crippen molar-refractivity contribution in [2.45, 2.75) is 192 Å². The van der Waals surface area contributed by atoms with Crippen LogP contribution in [0.4, 0.5) is 0 Å². The van der Waals surface area contributed by atoms with E-state index in [0.29, 0.717) is 12.8 Å². The van der Waals surface area contributed by atoms with Crippen molar-refractivity contribution in [1.82, 2.24) is 0 Å². The van der Waals surface area contributed by atoms with Crippen molar-refractivity contribution in [3.8, 4) is 0 Å². The van der Waals surface area contributed by atoms with Gasteiger partial charge in [-0.05, 0) is 25.7 Å². The van der Waals surface area contributed by atoms with Crippen molar-refractivity contribution in [1.29, 1.82) is 0 Å². The highest BCUT2D eigenvalue weighted by Gasteiger charge is 2.45. The monoisotopic (exact) mass is 832 g/mol. The first-order chi connectivity index (χ1) is 26.9. The molecule has 10 N–H and O–H groups in total. The summed E-state index contributed by atoms with van der Waals surface area (Å²) in [7, 11) is 0. The molecule has 0 aromatic rings. The first-order valence-electron chi connectivity index (χ1n) is 20.1. The maximum absolute atomic E-state index is 12.9. The van der Waals surface area contributed by atoms with Crippen LogP contribution in [0.5, 0.6) is 0 Å². The van der Waals surface area contributed by atoms with Crippen molar-refractivity contribution in [3.63, 3.8) is 0 Å². The molecule has 0 aromatic heterocycles.